The smallest absolute Gasteiger partial charge is 0.265 e. The minimum absolute atomic E-state index is 0.0129. The summed E-state index contributed by atoms with van der Waals surface area (Å²) in [5.74, 6) is -0.382. The van der Waals surface area contributed by atoms with E-state index in [0.717, 1.165) is 5.69 Å². The molecule has 2 amide bonds. The van der Waals surface area contributed by atoms with E-state index in [4.69, 9.17) is 38.4 Å². The monoisotopic (exact) mass is 445 g/mol. The largest absolute Gasteiger partial charge is 0.480 e. The van der Waals surface area contributed by atoms with Crippen molar-refractivity contribution in [2.75, 3.05) is 18.1 Å². The van der Waals surface area contributed by atoms with Gasteiger partial charge in [0, 0.05) is 11.1 Å². The zero-order valence-corrected chi connectivity index (χ0v) is 17.4. The minimum Gasteiger partial charge on any atom is -0.480 e. The second-order valence-electron chi connectivity index (χ2n) is 6.79. The molecule has 9 heteroatoms. The fourth-order valence-electron chi connectivity index (χ4n) is 3.26. The zero-order chi connectivity index (χ0) is 21.4. The molecule has 3 aromatic rings. The number of carbonyl (C=O) groups excluding carboxylic acids is 2. The van der Waals surface area contributed by atoms with Crippen molar-refractivity contribution in [3.8, 4) is 11.5 Å². The predicted octanol–water partition coefficient (Wildman–Crippen LogP) is 3.51. The van der Waals surface area contributed by atoms with Crippen molar-refractivity contribution >= 4 is 51.6 Å². The van der Waals surface area contributed by atoms with Gasteiger partial charge in [0.1, 0.15) is 11.3 Å². The highest BCUT2D eigenvalue weighted by Crippen LogP contribution is 2.38. The molecule has 154 valence electrons. The number of anilines is 1. The van der Waals surface area contributed by atoms with Gasteiger partial charge in [-0.2, -0.15) is 0 Å². The zero-order valence-electron chi connectivity index (χ0n) is 15.9. The summed E-state index contributed by atoms with van der Waals surface area (Å²) in [6, 6.07) is 12.1. The van der Waals surface area contributed by atoms with Crippen LogP contribution >= 0.6 is 23.2 Å². The predicted molar refractivity (Wildman–Crippen MR) is 114 cm³/mol. The van der Waals surface area contributed by atoms with Gasteiger partial charge in [-0.25, -0.2) is 4.98 Å². The highest BCUT2D eigenvalue weighted by atomic mass is 35.5. The highest BCUT2D eigenvalue weighted by Gasteiger charge is 2.33. The Bertz CT molecular complexity index is 1170. The van der Waals surface area contributed by atoms with Gasteiger partial charge >= 0.3 is 0 Å². The summed E-state index contributed by atoms with van der Waals surface area (Å²) in [4.78, 5) is 30.5. The van der Waals surface area contributed by atoms with Crippen molar-refractivity contribution in [1.82, 2.24) is 4.98 Å². The summed E-state index contributed by atoms with van der Waals surface area (Å²) < 4.78 is 11.4. The molecule has 0 fully saturated rings. The van der Waals surface area contributed by atoms with Crippen LogP contribution < -0.4 is 20.1 Å². The molecule has 1 aromatic heterocycles. The third-order valence-corrected chi connectivity index (χ3v) is 5.30. The van der Waals surface area contributed by atoms with Crippen LogP contribution in [0.2, 0.25) is 10.0 Å². The highest BCUT2D eigenvalue weighted by molar-refractivity contribution is 6.39. The van der Waals surface area contributed by atoms with Crippen LogP contribution in [0.3, 0.4) is 0 Å². The fraction of sp³-hybridized carbons (Fsp3) is 0.190. The number of hydrogen-bond donors (Lipinski definition) is 1. The van der Waals surface area contributed by atoms with E-state index in [0.29, 0.717) is 27.4 Å². The SMILES string of the molecule is Cc1ccc2c(Cl)cc(Cl)c(OCC(=O)N3CC(C(N)=O)Oc4ccccc43)c2n1. The number of benzene rings is 2. The van der Waals surface area contributed by atoms with Gasteiger partial charge < -0.3 is 20.1 Å². The first-order valence-electron chi connectivity index (χ1n) is 9.08. The van der Waals surface area contributed by atoms with Crippen molar-refractivity contribution in [1.29, 1.82) is 0 Å². The van der Waals surface area contributed by atoms with Crippen molar-refractivity contribution in [3.05, 3.63) is 58.2 Å². The Morgan fingerprint density at radius 3 is 2.77 bits per heavy atom. The number of pyridine rings is 1. The van der Waals surface area contributed by atoms with Gasteiger partial charge in [-0.05, 0) is 37.3 Å². The van der Waals surface area contributed by atoms with Gasteiger partial charge in [0.15, 0.2) is 18.5 Å². The van der Waals surface area contributed by atoms with Crippen molar-refractivity contribution < 1.29 is 19.1 Å². The van der Waals surface area contributed by atoms with E-state index >= 15 is 0 Å². The van der Waals surface area contributed by atoms with Gasteiger partial charge in [0.2, 0.25) is 0 Å². The van der Waals surface area contributed by atoms with Crippen molar-refractivity contribution in [2.24, 2.45) is 5.73 Å². The molecule has 0 bridgehead atoms. The van der Waals surface area contributed by atoms with E-state index < -0.39 is 12.0 Å². The number of nitrogens with zero attached hydrogens (tertiary/aromatic N) is 2. The fourth-order valence-corrected chi connectivity index (χ4v) is 3.83. The molecule has 1 unspecified atom stereocenters. The van der Waals surface area contributed by atoms with Gasteiger partial charge in [-0.3, -0.25) is 9.59 Å². The average Bonchev–Trinajstić information content (AvgIpc) is 2.72. The van der Waals surface area contributed by atoms with Crippen LogP contribution in [0.5, 0.6) is 11.5 Å². The molecule has 2 aromatic carbocycles. The second-order valence-corrected chi connectivity index (χ2v) is 7.60. The van der Waals surface area contributed by atoms with Crippen molar-refractivity contribution in [3.63, 3.8) is 0 Å². The molecule has 0 saturated carbocycles. The number of amides is 2. The van der Waals surface area contributed by atoms with Crippen LogP contribution in [0.25, 0.3) is 10.9 Å². The number of hydrogen-bond acceptors (Lipinski definition) is 5. The molecule has 1 atom stereocenters. The Hall–Kier alpha value is -3.03. The number of aryl methyl sites for hydroxylation is 1. The summed E-state index contributed by atoms with van der Waals surface area (Å²) in [6.45, 7) is 1.49. The third kappa shape index (κ3) is 3.74. The van der Waals surface area contributed by atoms with Crippen LogP contribution in [0.4, 0.5) is 5.69 Å². The number of nitrogens with two attached hydrogens (primary N) is 1. The van der Waals surface area contributed by atoms with E-state index in [9.17, 15) is 9.59 Å². The summed E-state index contributed by atoms with van der Waals surface area (Å²) in [6.07, 6.45) is -0.951. The molecular weight excluding hydrogens is 429 g/mol. The molecule has 1 aliphatic rings. The molecule has 7 nitrogen and oxygen atoms in total. The lowest BCUT2D eigenvalue weighted by Gasteiger charge is -2.33. The Labute approximate surface area is 182 Å². The number of para-hydroxylation sites is 2. The van der Waals surface area contributed by atoms with Gasteiger partial charge in [0.05, 0.1) is 22.3 Å². The van der Waals surface area contributed by atoms with E-state index in [2.05, 4.69) is 4.98 Å². The Balaban J connectivity index is 1.63. The Morgan fingerprint density at radius 2 is 2.00 bits per heavy atom. The van der Waals surface area contributed by atoms with E-state index in [-0.39, 0.29) is 29.8 Å². The van der Waals surface area contributed by atoms with Crippen molar-refractivity contribution in [2.45, 2.75) is 13.0 Å². The van der Waals surface area contributed by atoms with Gasteiger partial charge in [0.25, 0.3) is 11.8 Å². The van der Waals surface area contributed by atoms with Crippen LogP contribution in [-0.2, 0) is 9.59 Å². The number of fused-ring (bicyclic) bond motifs is 2. The molecule has 0 saturated heterocycles. The van der Waals surface area contributed by atoms with E-state index in [1.807, 2.05) is 19.1 Å². The Morgan fingerprint density at radius 1 is 1.23 bits per heavy atom. The molecule has 0 radical (unpaired) electrons. The topological polar surface area (TPSA) is 94.8 Å². The lowest BCUT2D eigenvalue weighted by Crippen LogP contribution is -2.50. The number of rotatable bonds is 4. The second kappa shape index (κ2) is 8.01. The van der Waals surface area contributed by atoms with Gasteiger partial charge in [-0.15, -0.1) is 0 Å². The van der Waals surface area contributed by atoms with Crippen LogP contribution in [-0.4, -0.2) is 36.1 Å². The Kier molecular flexibility index (Phi) is 5.40. The summed E-state index contributed by atoms with van der Waals surface area (Å²) in [5.41, 5.74) is 7.15. The van der Waals surface area contributed by atoms with E-state index in [1.165, 1.54) is 4.90 Å². The maximum Gasteiger partial charge on any atom is 0.265 e. The molecule has 1 aliphatic heterocycles. The maximum atomic E-state index is 13.0. The molecule has 4 rings (SSSR count). The number of primary amides is 1. The molecule has 30 heavy (non-hydrogen) atoms. The molecule has 2 N–H and O–H groups in total. The molecule has 0 spiro atoms. The number of aromatic nitrogens is 1. The standard InChI is InChI=1S/C21H17Cl2N3O4/c1-11-6-7-12-13(22)8-14(23)20(19(12)25-11)29-10-18(27)26-9-17(21(24)28)30-16-5-3-2-4-15(16)26/h2-8,17H,9-10H2,1H3,(H2,24,28). The molecule has 0 aliphatic carbocycles. The lowest BCUT2D eigenvalue weighted by molar-refractivity contribution is -0.125. The quantitative estimate of drug-likeness (QED) is 0.662. The summed E-state index contributed by atoms with van der Waals surface area (Å²) in [5, 5.41) is 1.35. The first kappa shape index (κ1) is 20.3. The van der Waals surface area contributed by atoms with Crippen LogP contribution in [0.15, 0.2) is 42.5 Å². The van der Waals surface area contributed by atoms with Crippen LogP contribution in [0.1, 0.15) is 5.69 Å². The molecule has 2 heterocycles. The van der Waals surface area contributed by atoms with Gasteiger partial charge in [-0.1, -0.05) is 35.3 Å². The average molecular weight is 446 g/mol. The van der Waals surface area contributed by atoms with Crippen LogP contribution in [0, 0.1) is 6.92 Å². The third-order valence-electron chi connectivity index (χ3n) is 4.71. The maximum absolute atomic E-state index is 13.0. The summed E-state index contributed by atoms with van der Waals surface area (Å²) >= 11 is 12.6. The number of halogens is 2. The minimum atomic E-state index is -0.951. The first-order chi connectivity index (χ1) is 14.3. The number of ether oxygens (including phenoxy) is 2. The first-order valence-corrected chi connectivity index (χ1v) is 9.84. The number of carbonyl (C=O) groups is 2. The molecular formula is C21H17Cl2N3O4. The lowest BCUT2D eigenvalue weighted by atomic mass is 10.1. The normalized spacial score (nSPS) is 15.4. The van der Waals surface area contributed by atoms with E-state index in [1.54, 1.807) is 30.3 Å². The summed E-state index contributed by atoms with van der Waals surface area (Å²) in [7, 11) is 0.